The van der Waals surface area contributed by atoms with E-state index in [4.69, 9.17) is 10.1 Å². The minimum Gasteiger partial charge on any atom is -0.476 e. The van der Waals surface area contributed by atoms with Gasteiger partial charge in [0.2, 0.25) is 0 Å². The number of fused-ring (bicyclic) bond motifs is 1. The fourth-order valence-electron chi connectivity index (χ4n) is 2.95. The predicted molar refractivity (Wildman–Crippen MR) is 102 cm³/mol. The number of thiazole rings is 1. The van der Waals surface area contributed by atoms with Gasteiger partial charge in [-0.15, -0.1) is 0 Å². The van der Waals surface area contributed by atoms with Gasteiger partial charge in [-0.1, -0.05) is 23.5 Å². The number of aromatic nitrogens is 3. The zero-order valence-corrected chi connectivity index (χ0v) is 15.4. The van der Waals surface area contributed by atoms with Gasteiger partial charge in [0.1, 0.15) is 0 Å². The summed E-state index contributed by atoms with van der Waals surface area (Å²) in [5, 5.41) is 14.4. The molecule has 0 unspecified atom stereocenters. The lowest BCUT2D eigenvalue weighted by atomic mass is 10.2. The van der Waals surface area contributed by atoms with Crippen LogP contribution in [0.5, 0.6) is 0 Å². The van der Waals surface area contributed by atoms with Gasteiger partial charge in [-0.25, -0.2) is 9.78 Å². The monoisotopic (exact) mass is 374 g/mol. The summed E-state index contributed by atoms with van der Waals surface area (Å²) in [5.41, 5.74) is 2.97. The van der Waals surface area contributed by atoms with Crippen LogP contribution in [-0.4, -0.2) is 50.4 Å². The maximum Gasteiger partial charge on any atom is 0.356 e. The number of hydrogen-bond acceptors (Lipinski definition) is 6. The van der Waals surface area contributed by atoms with Gasteiger partial charge in [-0.2, -0.15) is 16.9 Å². The third-order valence-electron chi connectivity index (χ3n) is 4.29. The first-order valence-corrected chi connectivity index (χ1v) is 10.1. The lowest BCUT2D eigenvalue weighted by Crippen LogP contribution is -2.32. The van der Waals surface area contributed by atoms with E-state index in [2.05, 4.69) is 16.1 Å². The number of aromatic carboxylic acids is 1. The average Bonchev–Trinajstić information content (AvgIpc) is 3.21. The minimum absolute atomic E-state index is 0.0782. The molecule has 8 heteroatoms. The second kappa shape index (κ2) is 6.68. The fourth-order valence-corrected chi connectivity index (χ4v) is 4.92. The van der Waals surface area contributed by atoms with Gasteiger partial charge in [0.25, 0.3) is 0 Å². The van der Waals surface area contributed by atoms with Gasteiger partial charge < -0.3 is 10.0 Å². The molecule has 1 aromatic carbocycles. The van der Waals surface area contributed by atoms with Gasteiger partial charge in [0.15, 0.2) is 10.8 Å². The van der Waals surface area contributed by atoms with Gasteiger partial charge in [-0.3, -0.25) is 4.68 Å². The summed E-state index contributed by atoms with van der Waals surface area (Å²) in [5.74, 6) is 1.29. The number of para-hydroxylation sites is 1. The van der Waals surface area contributed by atoms with Gasteiger partial charge in [0.05, 0.1) is 16.8 Å². The Kier molecular flexibility index (Phi) is 4.39. The minimum atomic E-state index is -1.00. The van der Waals surface area contributed by atoms with Crippen LogP contribution in [0.2, 0.25) is 0 Å². The number of hydrogen-bond donors (Lipinski definition) is 1. The van der Waals surface area contributed by atoms with E-state index in [0.717, 1.165) is 51.2 Å². The Labute approximate surface area is 153 Å². The van der Waals surface area contributed by atoms with Crippen LogP contribution in [0.3, 0.4) is 0 Å². The molecule has 6 nitrogen and oxygen atoms in total. The molecule has 2 aromatic heterocycles. The van der Waals surface area contributed by atoms with Crippen molar-refractivity contribution in [2.45, 2.75) is 13.5 Å². The Morgan fingerprint density at radius 2 is 2.12 bits per heavy atom. The summed E-state index contributed by atoms with van der Waals surface area (Å²) >= 11 is 3.71. The third kappa shape index (κ3) is 3.23. The Hall–Kier alpha value is -2.06. The van der Waals surface area contributed by atoms with Crippen LogP contribution >= 0.6 is 23.1 Å². The summed E-state index contributed by atoms with van der Waals surface area (Å²) < 4.78 is 2.89. The molecule has 1 aliphatic rings. The topological polar surface area (TPSA) is 71.2 Å². The molecule has 25 heavy (non-hydrogen) atoms. The Morgan fingerprint density at radius 3 is 2.84 bits per heavy atom. The largest absolute Gasteiger partial charge is 0.476 e. The van der Waals surface area contributed by atoms with Crippen LogP contribution in [0.4, 0.5) is 5.13 Å². The number of benzene rings is 1. The quantitative estimate of drug-likeness (QED) is 0.757. The fraction of sp³-hybridized carbons (Fsp3) is 0.353. The number of carboxylic acid groups (broad SMARTS) is 1. The van der Waals surface area contributed by atoms with E-state index in [1.54, 1.807) is 22.1 Å². The normalized spacial score (nSPS) is 15.0. The zero-order chi connectivity index (χ0) is 17.4. The second-order valence-corrected chi connectivity index (χ2v) is 8.23. The van der Waals surface area contributed by atoms with Gasteiger partial charge >= 0.3 is 5.97 Å². The van der Waals surface area contributed by atoms with E-state index < -0.39 is 5.97 Å². The molecule has 0 radical (unpaired) electrons. The smallest absolute Gasteiger partial charge is 0.356 e. The van der Waals surface area contributed by atoms with Gasteiger partial charge in [-0.05, 0) is 19.1 Å². The van der Waals surface area contributed by atoms with Crippen molar-refractivity contribution < 1.29 is 9.90 Å². The molecule has 1 saturated heterocycles. The molecule has 0 saturated carbocycles. The highest BCUT2D eigenvalue weighted by Crippen LogP contribution is 2.32. The van der Waals surface area contributed by atoms with Crippen molar-refractivity contribution in [1.82, 2.24) is 14.8 Å². The van der Waals surface area contributed by atoms with E-state index >= 15 is 0 Å². The van der Waals surface area contributed by atoms with Crippen LogP contribution in [0.25, 0.3) is 10.2 Å². The maximum atomic E-state index is 11.1. The Bertz CT molecular complexity index is 928. The number of anilines is 1. The SMILES string of the molecule is Cc1cc(C(=O)O)nn1Cc1cccc2sc(N3CCSCC3)nc12. The van der Waals surface area contributed by atoms with E-state index in [1.807, 2.05) is 30.8 Å². The lowest BCUT2D eigenvalue weighted by molar-refractivity contribution is 0.0689. The molecular weight excluding hydrogens is 356 g/mol. The number of aryl methyl sites for hydroxylation is 1. The molecule has 3 aromatic rings. The Morgan fingerprint density at radius 1 is 1.32 bits per heavy atom. The summed E-state index contributed by atoms with van der Waals surface area (Å²) in [6.07, 6.45) is 0. The van der Waals surface area contributed by atoms with Crippen LogP contribution in [0.15, 0.2) is 24.3 Å². The standard InChI is InChI=1S/C17H18N4O2S2/c1-11-9-13(16(22)23)19-21(11)10-12-3-2-4-14-15(12)18-17(25-14)20-5-7-24-8-6-20/h2-4,9H,5-8,10H2,1H3,(H,22,23). The van der Waals surface area contributed by atoms with Crippen LogP contribution in [-0.2, 0) is 6.54 Å². The van der Waals surface area contributed by atoms with Crippen LogP contribution in [0.1, 0.15) is 21.7 Å². The second-order valence-electron chi connectivity index (χ2n) is 5.99. The molecule has 1 aliphatic heterocycles. The summed E-state index contributed by atoms with van der Waals surface area (Å²) in [4.78, 5) is 18.4. The first-order valence-electron chi connectivity index (χ1n) is 8.10. The van der Waals surface area contributed by atoms with Crippen molar-refractivity contribution in [3.8, 4) is 0 Å². The number of nitrogens with zero attached hydrogens (tertiary/aromatic N) is 4. The molecule has 0 spiro atoms. The summed E-state index contributed by atoms with van der Waals surface area (Å²) in [6, 6.07) is 7.76. The highest BCUT2D eigenvalue weighted by atomic mass is 32.2. The van der Waals surface area contributed by atoms with Crippen molar-refractivity contribution in [3.05, 3.63) is 41.2 Å². The molecule has 0 aliphatic carbocycles. The van der Waals surface area contributed by atoms with E-state index in [0.29, 0.717) is 6.54 Å². The molecular formula is C17H18N4O2S2. The van der Waals surface area contributed by atoms with Crippen molar-refractivity contribution in [1.29, 1.82) is 0 Å². The van der Waals surface area contributed by atoms with Crippen LogP contribution < -0.4 is 4.90 Å². The molecule has 0 bridgehead atoms. The predicted octanol–water partition coefficient (Wildman–Crippen LogP) is 3.10. The van der Waals surface area contributed by atoms with Crippen LogP contribution in [0, 0.1) is 6.92 Å². The van der Waals surface area contributed by atoms with E-state index in [9.17, 15) is 4.79 Å². The maximum absolute atomic E-state index is 11.1. The molecule has 1 N–H and O–H groups in total. The van der Waals surface area contributed by atoms with Crippen molar-refractivity contribution in [3.63, 3.8) is 0 Å². The van der Waals surface area contributed by atoms with E-state index in [-0.39, 0.29) is 5.69 Å². The first kappa shape index (κ1) is 16.4. The number of thioether (sulfide) groups is 1. The average molecular weight is 374 g/mol. The molecule has 1 fully saturated rings. The lowest BCUT2D eigenvalue weighted by Gasteiger charge is -2.25. The molecule has 130 valence electrons. The molecule has 0 amide bonds. The summed E-state index contributed by atoms with van der Waals surface area (Å²) in [7, 11) is 0. The van der Waals surface area contributed by atoms with Crippen molar-refractivity contribution in [2.75, 3.05) is 29.5 Å². The van der Waals surface area contributed by atoms with Crippen molar-refractivity contribution in [2.24, 2.45) is 0 Å². The molecule has 4 rings (SSSR count). The zero-order valence-electron chi connectivity index (χ0n) is 13.8. The molecule has 0 atom stereocenters. The van der Waals surface area contributed by atoms with Gasteiger partial charge in [0, 0.05) is 35.9 Å². The number of carbonyl (C=O) groups is 1. The Balaban J connectivity index is 1.67. The third-order valence-corrected chi connectivity index (χ3v) is 6.32. The first-order chi connectivity index (χ1) is 12.1. The highest BCUT2D eigenvalue weighted by molar-refractivity contribution is 7.99. The number of rotatable bonds is 4. The highest BCUT2D eigenvalue weighted by Gasteiger charge is 2.17. The summed E-state index contributed by atoms with van der Waals surface area (Å²) in [6.45, 7) is 4.48. The van der Waals surface area contributed by atoms with E-state index in [1.165, 1.54) is 0 Å². The van der Waals surface area contributed by atoms with Crippen molar-refractivity contribution >= 4 is 44.4 Å². The molecule has 3 heterocycles. The number of carboxylic acids is 1.